The highest BCUT2D eigenvalue weighted by Gasteiger charge is 2.25. The summed E-state index contributed by atoms with van der Waals surface area (Å²) in [5.41, 5.74) is 1.76. The van der Waals surface area contributed by atoms with Crippen LogP contribution in [0.15, 0.2) is 42.0 Å². The van der Waals surface area contributed by atoms with E-state index in [2.05, 4.69) is 23.2 Å². The minimum absolute atomic E-state index is 0.107. The molecule has 29 heavy (non-hydrogen) atoms. The number of nitrogens with one attached hydrogen (secondary N) is 1. The van der Waals surface area contributed by atoms with Gasteiger partial charge in [0.1, 0.15) is 17.7 Å². The summed E-state index contributed by atoms with van der Waals surface area (Å²) in [7, 11) is 0. The molecule has 1 amide bonds. The Hall–Kier alpha value is -2.92. The van der Waals surface area contributed by atoms with E-state index in [1.54, 1.807) is 0 Å². The summed E-state index contributed by atoms with van der Waals surface area (Å²) in [5.74, 6) is -0.651. The lowest BCUT2D eigenvalue weighted by molar-refractivity contribution is -0.118. The Kier molecular flexibility index (Phi) is 6.49. The molecule has 2 aromatic rings. The zero-order valence-corrected chi connectivity index (χ0v) is 16.2. The number of hydrogen-bond donors (Lipinski definition) is 4. The number of amides is 1. The van der Waals surface area contributed by atoms with E-state index in [4.69, 9.17) is 5.11 Å². The van der Waals surface area contributed by atoms with Crippen LogP contribution in [0.3, 0.4) is 0 Å². The second-order valence-corrected chi connectivity index (χ2v) is 7.29. The fourth-order valence-corrected chi connectivity index (χ4v) is 3.35. The molecule has 3 atom stereocenters. The van der Waals surface area contributed by atoms with Gasteiger partial charge in [0.15, 0.2) is 0 Å². The van der Waals surface area contributed by atoms with Crippen molar-refractivity contribution in [2.45, 2.75) is 31.6 Å². The third-order valence-corrected chi connectivity index (χ3v) is 5.29. The Morgan fingerprint density at radius 3 is 2.76 bits per heavy atom. The summed E-state index contributed by atoms with van der Waals surface area (Å²) >= 11 is 0. The van der Waals surface area contributed by atoms with Crippen LogP contribution >= 0.6 is 0 Å². The van der Waals surface area contributed by atoms with Crippen molar-refractivity contribution in [1.29, 1.82) is 5.26 Å². The molecule has 0 radical (unpaired) electrons. The van der Waals surface area contributed by atoms with Gasteiger partial charge in [-0.05, 0) is 42.5 Å². The van der Waals surface area contributed by atoms with Gasteiger partial charge in [0.05, 0.1) is 12.7 Å². The van der Waals surface area contributed by atoms with E-state index in [-0.39, 0.29) is 12.1 Å². The Morgan fingerprint density at radius 1 is 1.34 bits per heavy atom. The lowest BCUT2D eigenvalue weighted by atomic mass is 9.98. The smallest absolute Gasteiger partial charge is 0.262 e. The number of fused-ring (bicyclic) bond motifs is 1. The van der Waals surface area contributed by atoms with Crippen LogP contribution in [0.2, 0.25) is 0 Å². The van der Waals surface area contributed by atoms with Crippen LogP contribution in [-0.2, 0) is 4.79 Å². The fraction of sp³-hybridized carbons (Fsp3) is 0.364. The van der Waals surface area contributed by atoms with Crippen LogP contribution < -0.4 is 10.2 Å². The largest absolute Gasteiger partial charge is 0.394 e. The second-order valence-electron chi connectivity index (χ2n) is 7.29. The molecule has 0 aromatic heterocycles. The van der Waals surface area contributed by atoms with Crippen molar-refractivity contribution in [3.05, 3.63) is 47.5 Å². The fourth-order valence-electron chi connectivity index (χ4n) is 3.35. The molecule has 0 aliphatic carbocycles. The molecule has 1 saturated heterocycles. The van der Waals surface area contributed by atoms with Crippen molar-refractivity contribution in [3.8, 4) is 6.07 Å². The number of anilines is 1. The van der Waals surface area contributed by atoms with Crippen LogP contribution in [-0.4, -0.2) is 59.2 Å². The Bertz CT molecular complexity index is 966. The van der Waals surface area contributed by atoms with Crippen LogP contribution in [0.4, 0.5) is 5.69 Å². The van der Waals surface area contributed by atoms with Crippen molar-refractivity contribution in [2.24, 2.45) is 0 Å². The predicted molar refractivity (Wildman–Crippen MR) is 111 cm³/mol. The number of nitrogens with zero attached hydrogens (tertiary/aromatic N) is 2. The number of benzene rings is 2. The normalized spacial score (nSPS) is 18.7. The molecule has 1 fully saturated rings. The molecule has 7 nitrogen and oxygen atoms in total. The highest BCUT2D eigenvalue weighted by atomic mass is 16.4. The van der Waals surface area contributed by atoms with E-state index >= 15 is 0 Å². The molecule has 0 bridgehead atoms. The van der Waals surface area contributed by atoms with Crippen molar-refractivity contribution in [1.82, 2.24) is 5.32 Å². The summed E-state index contributed by atoms with van der Waals surface area (Å²) in [6.07, 6.45) is -0.0100. The number of aliphatic hydroxyl groups is 3. The van der Waals surface area contributed by atoms with Crippen LogP contribution in [0.5, 0.6) is 0 Å². The first-order valence-corrected chi connectivity index (χ1v) is 9.61. The molecule has 0 saturated carbocycles. The number of aliphatic hydroxyl groups excluding tert-OH is 3. The Balaban J connectivity index is 1.83. The third kappa shape index (κ3) is 4.57. The number of rotatable bonds is 7. The van der Waals surface area contributed by atoms with E-state index in [1.165, 1.54) is 6.08 Å². The lowest BCUT2D eigenvalue weighted by Crippen LogP contribution is -2.45. The molecule has 1 heterocycles. The van der Waals surface area contributed by atoms with Gasteiger partial charge >= 0.3 is 0 Å². The molecule has 1 aliphatic heterocycles. The highest BCUT2D eigenvalue weighted by Crippen LogP contribution is 2.33. The minimum atomic E-state index is -1.35. The van der Waals surface area contributed by atoms with Gasteiger partial charge in [-0.25, -0.2) is 0 Å². The maximum absolute atomic E-state index is 12.3. The van der Waals surface area contributed by atoms with E-state index in [0.29, 0.717) is 6.04 Å². The average molecular weight is 395 g/mol. The summed E-state index contributed by atoms with van der Waals surface area (Å²) < 4.78 is 0. The molecule has 4 N–H and O–H groups in total. The molecule has 7 heteroatoms. The van der Waals surface area contributed by atoms with Gasteiger partial charge in [0.2, 0.25) is 0 Å². The number of nitriles is 1. The van der Waals surface area contributed by atoms with Gasteiger partial charge in [0, 0.05) is 30.2 Å². The summed E-state index contributed by atoms with van der Waals surface area (Å²) in [6, 6.07) is 14.3. The van der Waals surface area contributed by atoms with Gasteiger partial charge in [-0.3, -0.25) is 4.79 Å². The topological polar surface area (TPSA) is 117 Å². The van der Waals surface area contributed by atoms with Gasteiger partial charge in [0.25, 0.3) is 5.91 Å². The van der Waals surface area contributed by atoms with Crippen molar-refractivity contribution < 1.29 is 20.1 Å². The third-order valence-electron chi connectivity index (χ3n) is 5.29. The monoisotopic (exact) mass is 395 g/mol. The number of carbonyl (C=O) groups excluding carboxylic acids is 1. The number of hydrogen-bond acceptors (Lipinski definition) is 6. The van der Waals surface area contributed by atoms with E-state index in [1.807, 2.05) is 36.4 Å². The second kappa shape index (κ2) is 9.05. The molecule has 152 valence electrons. The summed E-state index contributed by atoms with van der Waals surface area (Å²) in [5, 5.41) is 41.7. The SMILES string of the molecule is CC1CCN1c1cccc2ccc(/C=C(\C#N)C(=O)NCC(O)C(O)CO)cc12. The Labute approximate surface area is 169 Å². The molecule has 3 unspecified atom stereocenters. The van der Waals surface area contributed by atoms with Crippen LogP contribution in [0.1, 0.15) is 18.9 Å². The molecular weight excluding hydrogens is 370 g/mol. The maximum Gasteiger partial charge on any atom is 0.262 e. The molecule has 0 spiro atoms. The van der Waals surface area contributed by atoms with E-state index < -0.39 is 24.7 Å². The van der Waals surface area contributed by atoms with Crippen LogP contribution in [0, 0.1) is 11.3 Å². The minimum Gasteiger partial charge on any atom is -0.394 e. The van der Waals surface area contributed by atoms with Gasteiger partial charge in [-0.15, -0.1) is 0 Å². The predicted octanol–water partition coefficient (Wildman–Crippen LogP) is 1.18. The molecular formula is C22H25N3O4. The molecule has 1 aliphatic rings. The first kappa shape index (κ1) is 20.8. The number of carbonyl (C=O) groups is 1. The highest BCUT2D eigenvalue weighted by molar-refractivity contribution is 6.03. The first-order chi connectivity index (χ1) is 13.9. The van der Waals surface area contributed by atoms with Crippen molar-refractivity contribution in [3.63, 3.8) is 0 Å². The summed E-state index contributed by atoms with van der Waals surface area (Å²) in [4.78, 5) is 14.6. The van der Waals surface area contributed by atoms with Gasteiger partial charge in [-0.1, -0.05) is 24.3 Å². The van der Waals surface area contributed by atoms with E-state index in [9.17, 15) is 20.3 Å². The summed E-state index contributed by atoms with van der Waals surface area (Å²) in [6.45, 7) is 2.31. The Morgan fingerprint density at radius 2 is 2.14 bits per heavy atom. The standard InChI is InChI=1S/C22H25N3O4/c1-14-7-8-25(14)19-4-2-3-16-6-5-15(10-18(16)19)9-17(11-23)22(29)24-12-20(27)21(28)13-26/h2-6,9-10,14,20-21,26-28H,7-8,12-13H2,1H3,(H,24,29)/b17-9+. The molecule has 2 aromatic carbocycles. The van der Waals surface area contributed by atoms with Crippen molar-refractivity contribution >= 4 is 28.4 Å². The van der Waals surface area contributed by atoms with Gasteiger partial charge in [-0.2, -0.15) is 5.26 Å². The van der Waals surface area contributed by atoms with Crippen molar-refractivity contribution in [2.75, 3.05) is 24.6 Å². The van der Waals surface area contributed by atoms with E-state index in [0.717, 1.165) is 35.0 Å². The maximum atomic E-state index is 12.3. The molecule has 3 rings (SSSR count). The lowest BCUT2D eigenvalue weighted by Gasteiger charge is -2.41. The zero-order valence-electron chi connectivity index (χ0n) is 16.2. The quantitative estimate of drug-likeness (QED) is 0.413. The zero-order chi connectivity index (χ0) is 21.0. The first-order valence-electron chi connectivity index (χ1n) is 9.61. The van der Waals surface area contributed by atoms with Gasteiger partial charge < -0.3 is 25.5 Å². The average Bonchev–Trinajstić information content (AvgIpc) is 2.74. The van der Waals surface area contributed by atoms with Crippen LogP contribution in [0.25, 0.3) is 16.8 Å².